The maximum atomic E-state index is 10.9. The summed E-state index contributed by atoms with van der Waals surface area (Å²) in [7, 11) is 2.04. The first kappa shape index (κ1) is 13.3. The zero-order valence-electron chi connectivity index (χ0n) is 11.3. The number of rotatable bonds is 5. The van der Waals surface area contributed by atoms with Crippen molar-refractivity contribution in [3.63, 3.8) is 0 Å². The third kappa shape index (κ3) is 2.99. The normalized spacial score (nSPS) is 10.2. The summed E-state index contributed by atoms with van der Waals surface area (Å²) >= 11 is 0. The topological polar surface area (TPSA) is 33.2 Å². The molecule has 0 radical (unpaired) electrons. The summed E-state index contributed by atoms with van der Waals surface area (Å²) in [4.78, 5) is 17.1. The SMILES string of the molecule is CCN(C)c1ccc(-c2cccnc2)cc1CC=O. The molecule has 0 spiro atoms. The first-order valence-electron chi connectivity index (χ1n) is 6.44. The average molecular weight is 254 g/mol. The van der Waals surface area contributed by atoms with E-state index in [2.05, 4.69) is 35.0 Å². The number of aldehydes is 1. The van der Waals surface area contributed by atoms with Crippen molar-refractivity contribution in [1.29, 1.82) is 0 Å². The first-order chi connectivity index (χ1) is 9.26. The molecule has 1 heterocycles. The second-order valence-electron chi connectivity index (χ2n) is 4.47. The van der Waals surface area contributed by atoms with Crippen molar-refractivity contribution in [2.75, 3.05) is 18.5 Å². The minimum Gasteiger partial charge on any atom is -0.375 e. The van der Waals surface area contributed by atoms with E-state index in [1.165, 1.54) is 0 Å². The van der Waals surface area contributed by atoms with Crippen molar-refractivity contribution >= 4 is 12.0 Å². The molecule has 19 heavy (non-hydrogen) atoms. The molecule has 1 aromatic heterocycles. The number of aromatic nitrogens is 1. The number of pyridine rings is 1. The summed E-state index contributed by atoms with van der Waals surface area (Å²) in [5, 5.41) is 0. The van der Waals surface area contributed by atoms with Crippen LogP contribution in [0.3, 0.4) is 0 Å². The minimum atomic E-state index is 0.438. The van der Waals surface area contributed by atoms with E-state index in [1.807, 2.05) is 25.4 Å². The van der Waals surface area contributed by atoms with E-state index >= 15 is 0 Å². The van der Waals surface area contributed by atoms with Crippen LogP contribution in [-0.4, -0.2) is 24.9 Å². The smallest absolute Gasteiger partial charge is 0.124 e. The van der Waals surface area contributed by atoms with Crippen molar-refractivity contribution < 1.29 is 4.79 Å². The summed E-state index contributed by atoms with van der Waals surface area (Å²) in [5.74, 6) is 0. The first-order valence-corrected chi connectivity index (χ1v) is 6.44. The Morgan fingerprint density at radius 1 is 1.26 bits per heavy atom. The van der Waals surface area contributed by atoms with E-state index in [0.717, 1.165) is 35.2 Å². The van der Waals surface area contributed by atoms with Gasteiger partial charge in [0.15, 0.2) is 0 Å². The van der Waals surface area contributed by atoms with Gasteiger partial charge >= 0.3 is 0 Å². The fourth-order valence-corrected chi connectivity index (χ4v) is 2.09. The van der Waals surface area contributed by atoms with Crippen LogP contribution in [0.15, 0.2) is 42.7 Å². The lowest BCUT2D eigenvalue weighted by Gasteiger charge is -2.20. The van der Waals surface area contributed by atoms with Crippen molar-refractivity contribution in [3.8, 4) is 11.1 Å². The highest BCUT2D eigenvalue weighted by atomic mass is 16.1. The van der Waals surface area contributed by atoms with Gasteiger partial charge in [0.1, 0.15) is 6.29 Å². The Hall–Kier alpha value is -2.16. The summed E-state index contributed by atoms with van der Waals surface area (Å²) in [6.07, 6.45) is 4.99. The molecule has 0 amide bonds. The number of carbonyl (C=O) groups is 1. The molecule has 0 aliphatic heterocycles. The van der Waals surface area contributed by atoms with Gasteiger partial charge in [0.05, 0.1) is 0 Å². The van der Waals surface area contributed by atoms with Crippen molar-refractivity contribution in [2.45, 2.75) is 13.3 Å². The van der Waals surface area contributed by atoms with E-state index in [9.17, 15) is 4.79 Å². The maximum Gasteiger partial charge on any atom is 0.124 e. The standard InChI is InChI=1S/C16H18N2O/c1-3-18(2)16-7-6-13(11-14(16)8-10-19)15-5-4-9-17-12-15/h4-7,9-12H,3,8H2,1-2H3. The summed E-state index contributed by atoms with van der Waals surface area (Å²) in [6, 6.07) is 10.2. The monoisotopic (exact) mass is 254 g/mol. The van der Waals surface area contributed by atoms with Gasteiger partial charge in [0.25, 0.3) is 0 Å². The number of anilines is 1. The fourth-order valence-electron chi connectivity index (χ4n) is 2.09. The van der Waals surface area contributed by atoms with E-state index < -0.39 is 0 Å². The van der Waals surface area contributed by atoms with Gasteiger partial charge < -0.3 is 9.69 Å². The maximum absolute atomic E-state index is 10.9. The molecule has 3 heteroatoms. The molecule has 3 nitrogen and oxygen atoms in total. The predicted molar refractivity (Wildman–Crippen MR) is 78.4 cm³/mol. The third-order valence-electron chi connectivity index (χ3n) is 3.26. The molecule has 0 N–H and O–H groups in total. The van der Waals surface area contributed by atoms with Crippen LogP contribution >= 0.6 is 0 Å². The molecular formula is C16H18N2O. The van der Waals surface area contributed by atoms with Gasteiger partial charge in [-0.05, 0) is 41.8 Å². The molecule has 0 atom stereocenters. The summed E-state index contributed by atoms with van der Waals surface area (Å²) in [5.41, 5.74) is 4.33. The Balaban J connectivity index is 2.44. The lowest BCUT2D eigenvalue weighted by Crippen LogP contribution is -2.17. The van der Waals surface area contributed by atoms with Gasteiger partial charge in [0, 0.05) is 38.1 Å². The number of carbonyl (C=O) groups excluding carboxylic acids is 1. The quantitative estimate of drug-likeness (QED) is 0.769. The highest BCUT2D eigenvalue weighted by Crippen LogP contribution is 2.26. The van der Waals surface area contributed by atoms with Gasteiger partial charge in [0.2, 0.25) is 0 Å². The lowest BCUT2D eigenvalue weighted by molar-refractivity contribution is -0.107. The Morgan fingerprint density at radius 3 is 2.74 bits per heavy atom. The van der Waals surface area contributed by atoms with Crippen LogP contribution in [0.5, 0.6) is 0 Å². The zero-order chi connectivity index (χ0) is 13.7. The number of hydrogen-bond acceptors (Lipinski definition) is 3. The Kier molecular flexibility index (Phi) is 4.29. The number of nitrogens with zero attached hydrogens (tertiary/aromatic N) is 2. The predicted octanol–water partition coefficient (Wildman–Crippen LogP) is 2.95. The Labute approximate surface area is 113 Å². The second-order valence-corrected chi connectivity index (χ2v) is 4.47. The van der Waals surface area contributed by atoms with E-state index in [1.54, 1.807) is 6.20 Å². The molecule has 0 aliphatic rings. The van der Waals surface area contributed by atoms with Crippen molar-refractivity contribution in [2.24, 2.45) is 0 Å². The van der Waals surface area contributed by atoms with Gasteiger partial charge in [-0.25, -0.2) is 0 Å². The largest absolute Gasteiger partial charge is 0.375 e. The Bertz CT molecular complexity index is 552. The number of benzene rings is 1. The third-order valence-corrected chi connectivity index (χ3v) is 3.26. The van der Waals surface area contributed by atoms with E-state index in [-0.39, 0.29) is 0 Å². The van der Waals surface area contributed by atoms with E-state index in [4.69, 9.17) is 0 Å². The van der Waals surface area contributed by atoms with Crippen LogP contribution in [0, 0.1) is 0 Å². The molecule has 0 bridgehead atoms. The molecule has 0 saturated carbocycles. The van der Waals surface area contributed by atoms with Crippen LogP contribution in [0.25, 0.3) is 11.1 Å². The van der Waals surface area contributed by atoms with Gasteiger partial charge in [-0.15, -0.1) is 0 Å². The molecule has 1 aromatic carbocycles. The molecule has 0 saturated heterocycles. The zero-order valence-corrected chi connectivity index (χ0v) is 11.3. The summed E-state index contributed by atoms with van der Waals surface area (Å²) in [6.45, 7) is 3.01. The minimum absolute atomic E-state index is 0.438. The van der Waals surface area contributed by atoms with Crippen LogP contribution in [-0.2, 0) is 11.2 Å². The van der Waals surface area contributed by atoms with E-state index in [0.29, 0.717) is 6.42 Å². The average Bonchev–Trinajstić information content (AvgIpc) is 2.47. The fraction of sp³-hybridized carbons (Fsp3) is 0.250. The summed E-state index contributed by atoms with van der Waals surface area (Å²) < 4.78 is 0. The highest BCUT2D eigenvalue weighted by molar-refractivity contribution is 5.71. The molecule has 0 aliphatic carbocycles. The van der Waals surface area contributed by atoms with Crippen LogP contribution in [0.1, 0.15) is 12.5 Å². The molecule has 98 valence electrons. The molecular weight excluding hydrogens is 236 g/mol. The van der Waals surface area contributed by atoms with Crippen LogP contribution in [0.4, 0.5) is 5.69 Å². The molecule has 0 fully saturated rings. The molecule has 2 rings (SSSR count). The van der Waals surface area contributed by atoms with Gasteiger partial charge in [-0.1, -0.05) is 12.1 Å². The second kappa shape index (κ2) is 6.14. The Morgan fingerprint density at radius 2 is 2.11 bits per heavy atom. The van der Waals surface area contributed by atoms with Gasteiger partial charge in [-0.3, -0.25) is 4.98 Å². The molecule has 0 unspecified atom stereocenters. The van der Waals surface area contributed by atoms with Crippen molar-refractivity contribution in [3.05, 3.63) is 48.3 Å². The van der Waals surface area contributed by atoms with Crippen LogP contribution < -0.4 is 4.90 Å². The van der Waals surface area contributed by atoms with Crippen molar-refractivity contribution in [1.82, 2.24) is 4.98 Å². The molecule has 2 aromatic rings. The van der Waals surface area contributed by atoms with Gasteiger partial charge in [-0.2, -0.15) is 0 Å². The number of hydrogen-bond donors (Lipinski definition) is 0. The highest BCUT2D eigenvalue weighted by Gasteiger charge is 2.08. The lowest BCUT2D eigenvalue weighted by atomic mass is 10.0. The van der Waals surface area contributed by atoms with Crippen LogP contribution in [0.2, 0.25) is 0 Å².